The summed E-state index contributed by atoms with van der Waals surface area (Å²) in [5.41, 5.74) is 2.64. The first-order valence-electron chi connectivity index (χ1n) is 9.24. The standard InChI is InChI=1S/C23H23N3/c1-18-16-26(17-25-18)22-14-13-21(15-22)23(24-2,19-9-5-3-6-10-19)20-11-7-4-8-12-20/h3-12,16-17,21-22H,13-15H2,1H3/t21?,22-/m1/s1. The van der Waals surface area contributed by atoms with Crippen LogP contribution in [0.15, 0.2) is 73.2 Å². The number of imidazole rings is 1. The van der Waals surface area contributed by atoms with Gasteiger partial charge in [0.1, 0.15) is 0 Å². The molecule has 3 nitrogen and oxygen atoms in total. The Hall–Kier alpha value is -2.86. The van der Waals surface area contributed by atoms with Gasteiger partial charge in [-0.05, 0) is 26.2 Å². The molecule has 0 N–H and O–H groups in total. The van der Waals surface area contributed by atoms with Crippen LogP contribution in [-0.2, 0) is 5.54 Å². The number of aromatic nitrogens is 2. The molecule has 130 valence electrons. The van der Waals surface area contributed by atoms with Crippen molar-refractivity contribution in [1.82, 2.24) is 9.55 Å². The van der Waals surface area contributed by atoms with Crippen molar-refractivity contribution in [3.05, 3.63) is 101 Å². The number of aryl methyl sites for hydroxylation is 1. The number of rotatable bonds is 4. The summed E-state index contributed by atoms with van der Waals surface area (Å²) in [5.74, 6) is 0.289. The molecule has 0 amide bonds. The summed E-state index contributed by atoms with van der Waals surface area (Å²) in [4.78, 5) is 8.69. The maximum atomic E-state index is 8.23. The maximum absolute atomic E-state index is 8.23. The van der Waals surface area contributed by atoms with Crippen LogP contribution in [-0.4, -0.2) is 9.55 Å². The smallest absolute Gasteiger partial charge is 0.285 e. The molecular formula is C23H23N3. The normalized spacial score (nSPS) is 20.0. The van der Waals surface area contributed by atoms with Crippen LogP contribution in [0.2, 0.25) is 0 Å². The fraction of sp³-hybridized carbons (Fsp3) is 0.304. The highest BCUT2D eigenvalue weighted by Gasteiger charge is 2.51. The van der Waals surface area contributed by atoms with Crippen LogP contribution in [0.1, 0.15) is 42.1 Å². The molecule has 26 heavy (non-hydrogen) atoms. The third-order valence-electron chi connectivity index (χ3n) is 5.75. The lowest BCUT2D eigenvalue weighted by Gasteiger charge is -2.29. The Kier molecular flexibility index (Phi) is 4.34. The van der Waals surface area contributed by atoms with Crippen LogP contribution in [0.5, 0.6) is 0 Å². The molecule has 1 aliphatic rings. The summed E-state index contributed by atoms with van der Waals surface area (Å²) < 4.78 is 2.24. The van der Waals surface area contributed by atoms with Crippen molar-refractivity contribution in [2.45, 2.75) is 37.8 Å². The Balaban J connectivity index is 1.76. The summed E-state index contributed by atoms with van der Waals surface area (Å²) in [6, 6.07) is 21.1. The van der Waals surface area contributed by atoms with Crippen molar-refractivity contribution >= 4 is 0 Å². The molecule has 4 rings (SSSR count). The van der Waals surface area contributed by atoms with Gasteiger partial charge in [0.25, 0.3) is 5.54 Å². The summed E-state index contributed by atoms with van der Waals surface area (Å²) in [5, 5.41) is 0. The van der Waals surface area contributed by atoms with Crippen LogP contribution in [0.4, 0.5) is 0 Å². The van der Waals surface area contributed by atoms with Crippen LogP contribution >= 0.6 is 0 Å². The van der Waals surface area contributed by atoms with Crippen LogP contribution in [0.3, 0.4) is 0 Å². The van der Waals surface area contributed by atoms with Crippen molar-refractivity contribution in [3.8, 4) is 0 Å². The quantitative estimate of drug-likeness (QED) is 0.583. The van der Waals surface area contributed by atoms with Crippen molar-refractivity contribution in [1.29, 1.82) is 0 Å². The van der Waals surface area contributed by atoms with E-state index in [-0.39, 0.29) is 5.92 Å². The molecule has 3 heteroatoms. The first kappa shape index (κ1) is 16.6. The van der Waals surface area contributed by atoms with Crippen LogP contribution < -0.4 is 0 Å². The van der Waals surface area contributed by atoms with Gasteiger partial charge in [0.15, 0.2) is 0 Å². The predicted octanol–water partition coefficient (Wildman–Crippen LogP) is 5.40. The Labute approximate surface area is 155 Å². The molecule has 0 saturated heterocycles. The van der Waals surface area contributed by atoms with Crippen molar-refractivity contribution in [2.75, 3.05) is 0 Å². The minimum absolute atomic E-state index is 0.289. The summed E-state index contributed by atoms with van der Waals surface area (Å²) in [6.07, 6.45) is 7.21. The van der Waals surface area contributed by atoms with Crippen molar-refractivity contribution in [2.24, 2.45) is 5.92 Å². The van der Waals surface area contributed by atoms with Crippen LogP contribution in [0, 0.1) is 19.4 Å². The Morgan fingerprint density at radius 3 is 2.12 bits per heavy atom. The first-order chi connectivity index (χ1) is 12.7. The SMILES string of the molecule is [C-]#[N+]C(c1ccccc1)(c1ccccc1)C1CC[C@@H](n2cnc(C)c2)C1. The van der Waals surface area contributed by atoms with Crippen molar-refractivity contribution < 1.29 is 0 Å². The van der Waals surface area contributed by atoms with Gasteiger partial charge >= 0.3 is 0 Å². The molecule has 2 aromatic carbocycles. The highest BCUT2D eigenvalue weighted by molar-refractivity contribution is 5.43. The molecule has 1 fully saturated rings. The third-order valence-corrected chi connectivity index (χ3v) is 5.75. The maximum Gasteiger partial charge on any atom is 0.285 e. The fourth-order valence-corrected chi connectivity index (χ4v) is 4.49. The predicted molar refractivity (Wildman–Crippen MR) is 104 cm³/mol. The average molecular weight is 341 g/mol. The minimum atomic E-state index is -0.618. The van der Waals surface area contributed by atoms with E-state index in [1.807, 2.05) is 49.6 Å². The fourth-order valence-electron chi connectivity index (χ4n) is 4.49. The van der Waals surface area contributed by atoms with Gasteiger partial charge in [0, 0.05) is 29.3 Å². The lowest BCUT2D eigenvalue weighted by atomic mass is 9.72. The van der Waals surface area contributed by atoms with Gasteiger partial charge in [0.2, 0.25) is 0 Å². The second kappa shape index (κ2) is 6.80. The highest BCUT2D eigenvalue weighted by atomic mass is 15.1. The molecule has 3 aromatic rings. The molecule has 1 unspecified atom stereocenters. The molecule has 2 atom stereocenters. The first-order valence-corrected chi connectivity index (χ1v) is 9.24. The van der Waals surface area contributed by atoms with E-state index in [1.54, 1.807) is 0 Å². The zero-order valence-electron chi connectivity index (χ0n) is 15.0. The second-order valence-corrected chi connectivity index (χ2v) is 7.24. The zero-order chi connectivity index (χ0) is 18.0. The number of nitrogens with zero attached hydrogens (tertiary/aromatic N) is 3. The van der Waals surface area contributed by atoms with E-state index >= 15 is 0 Å². The van der Waals surface area contributed by atoms with Crippen molar-refractivity contribution in [3.63, 3.8) is 0 Å². The minimum Gasteiger partial charge on any atom is -0.334 e. The van der Waals surface area contributed by atoms with E-state index in [0.29, 0.717) is 6.04 Å². The van der Waals surface area contributed by atoms with Gasteiger partial charge in [-0.25, -0.2) is 11.6 Å². The number of benzene rings is 2. The number of hydrogen-bond donors (Lipinski definition) is 0. The van der Waals surface area contributed by atoms with Gasteiger partial charge < -0.3 is 4.57 Å². The lowest BCUT2D eigenvalue weighted by molar-refractivity contribution is 0.371. The molecule has 1 aromatic heterocycles. The van der Waals surface area contributed by atoms with Gasteiger partial charge in [-0.3, -0.25) is 4.85 Å². The van der Waals surface area contributed by atoms with E-state index in [1.165, 1.54) is 0 Å². The molecule has 1 saturated carbocycles. The van der Waals surface area contributed by atoms with E-state index in [9.17, 15) is 0 Å². The molecule has 0 aliphatic heterocycles. The van der Waals surface area contributed by atoms with E-state index < -0.39 is 5.54 Å². The third kappa shape index (κ3) is 2.72. The van der Waals surface area contributed by atoms with Gasteiger partial charge in [-0.1, -0.05) is 60.7 Å². The summed E-state index contributed by atoms with van der Waals surface area (Å²) in [7, 11) is 0. The lowest BCUT2D eigenvalue weighted by Crippen LogP contribution is -2.32. The monoisotopic (exact) mass is 341 g/mol. The Morgan fingerprint density at radius 1 is 1.00 bits per heavy atom. The summed E-state index contributed by atoms with van der Waals surface area (Å²) in [6.45, 7) is 10.3. The molecule has 0 bridgehead atoms. The molecular weight excluding hydrogens is 318 g/mol. The molecule has 1 heterocycles. The Bertz CT molecular complexity index is 866. The zero-order valence-corrected chi connectivity index (χ0v) is 15.0. The average Bonchev–Trinajstić information content (AvgIpc) is 3.34. The molecule has 0 radical (unpaired) electrons. The molecule has 1 aliphatic carbocycles. The van der Waals surface area contributed by atoms with Gasteiger partial charge in [-0.2, -0.15) is 0 Å². The van der Waals surface area contributed by atoms with E-state index in [0.717, 1.165) is 36.1 Å². The largest absolute Gasteiger partial charge is 0.334 e. The van der Waals surface area contributed by atoms with Gasteiger partial charge in [0.05, 0.1) is 12.0 Å². The second-order valence-electron chi connectivity index (χ2n) is 7.24. The molecule has 0 spiro atoms. The van der Waals surface area contributed by atoms with Gasteiger partial charge in [-0.15, -0.1) is 0 Å². The highest BCUT2D eigenvalue weighted by Crippen LogP contribution is 2.50. The van der Waals surface area contributed by atoms with E-state index in [2.05, 4.69) is 44.9 Å². The topological polar surface area (TPSA) is 22.2 Å². The number of hydrogen-bond acceptors (Lipinski definition) is 1. The van der Waals surface area contributed by atoms with E-state index in [4.69, 9.17) is 6.57 Å². The van der Waals surface area contributed by atoms with Crippen LogP contribution in [0.25, 0.3) is 4.85 Å². The Morgan fingerprint density at radius 2 is 1.62 bits per heavy atom. The summed E-state index contributed by atoms with van der Waals surface area (Å²) >= 11 is 0.